The molecule has 1 saturated heterocycles. The Morgan fingerprint density at radius 2 is 2.15 bits per heavy atom. The molecule has 1 aliphatic rings. The topological polar surface area (TPSA) is 29.9 Å². The van der Waals surface area contributed by atoms with E-state index in [1.54, 1.807) is 0 Å². The monoisotopic (exact) mass is 173 g/mol. The highest BCUT2D eigenvalue weighted by molar-refractivity contribution is 5.77. The number of aromatic nitrogens is 2. The molecule has 0 bridgehead atoms. The molecule has 0 aliphatic carbocycles. The molecule has 3 nitrogen and oxygen atoms in total. The van der Waals surface area contributed by atoms with Crippen molar-refractivity contribution in [1.29, 1.82) is 0 Å². The molecule has 3 rings (SSSR count). The fraction of sp³-hybridized carbons (Fsp3) is 0.300. The maximum Gasteiger partial charge on any atom is 0.0923 e. The highest BCUT2D eigenvalue weighted by Crippen LogP contribution is 2.16. The van der Waals surface area contributed by atoms with E-state index in [4.69, 9.17) is 0 Å². The van der Waals surface area contributed by atoms with Gasteiger partial charge in [-0.1, -0.05) is 18.2 Å². The van der Waals surface area contributed by atoms with Crippen LogP contribution in [0.25, 0.3) is 10.9 Å². The third-order valence-corrected chi connectivity index (χ3v) is 2.57. The highest BCUT2D eigenvalue weighted by Gasteiger charge is 2.19. The number of benzene rings is 1. The molecule has 1 aromatic carbocycles. The average Bonchev–Trinajstić information content (AvgIpc) is 2.43. The number of nitrogens with zero attached hydrogens (tertiary/aromatic N) is 2. The van der Waals surface area contributed by atoms with Crippen LogP contribution >= 0.6 is 0 Å². The van der Waals surface area contributed by atoms with Crippen molar-refractivity contribution in [2.24, 2.45) is 0 Å². The van der Waals surface area contributed by atoms with Gasteiger partial charge in [0.2, 0.25) is 0 Å². The van der Waals surface area contributed by atoms with Crippen LogP contribution in [-0.2, 0) is 0 Å². The second-order valence-corrected chi connectivity index (χ2v) is 3.48. The van der Waals surface area contributed by atoms with Gasteiger partial charge in [-0.15, -0.1) is 0 Å². The van der Waals surface area contributed by atoms with Gasteiger partial charge in [-0.2, -0.15) is 5.10 Å². The summed E-state index contributed by atoms with van der Waals surface area (Å²) >= 11 is 0. The number of nitrogens with one attached hydrogen (secondary N) is 1. The molecule has 0 atom stereocenters. The zero-order valence-corrected chi connectivity index (χ0v) is 7.27. The molecule has 1 aliphatic heterocycles. The average molecular weight is 173 g/mol. The Balaban J connectivity index is 2.10. The van der Waals surface area contributed by atoms with Crippen molar-refractivity contribution >= 4 is 10.9 Å². The van der Waals surface area contributed by atoms with Gasteiger partial charge in [-0.25, -0.2) is 0 Å². The Morgan fingerprint density at radius 3 is 2.85 bits per heavy atom. The van der Waals surface area contributed by atoms with Gasteiger partial charge >= 0.3 is 0 Å². The van der Waals surface area contributed by atoms with Crippen molar-refractivity contribution in [2.45, 2.75) is 6.04 Å². The Kier molecular flexibility index (Phi) is 1.40. The van der Waals surface area contributed by atoms with E-state index in [1.807, 2.05) is 12.1 Å². The number of fused-ring (bicyclic) bond motifs is 1. The van der Waals surface area contributed by atoms with Crippen LogP contribution in [0, 0.1) is 0 Å². The molecule has 3 heteroatoms. The number of rotatable bonds is 1. The predicted octanol–water partition coefficient (Wildman–Crippen LogP) is 1.18. The molecule has 2 heterocycles. The van der Waals surface area contributed by atoms with E-state index in [9.17, 15) is 0 Å². The fourth-order valence-corrected chi connectivity index (χ4v) is 1.63. The van der Waals surface area contributed by atoms with E-state index in [-0.39, 0.29) is 0 Å². The first-order valence-electron chi connectivity index (χ1n) is 4.58. The van der Waals surface area contributed by atoms with Crippen molar-refractivity contribution in [3.8, 4) is 0 Å². The third-order valence-electron chi connectivity index (χ3n) is 2.57. The summed E-state index contributed by atoms with van der Waals surface area (Å²) in [4.78, 5) is 0. The first-order chi connectivity index (χ1) is 6.43. The summed E-state index contributed by atoms with van der Waals surface area (Å²) in [6.45, 7) is 2.10. The minimum atomic E-state index is 0.562. The van der Waals surface area contributed by atoms with Gasteiger partial charge in [0.1, 0.15) is 0 Å². The Labute approximate surface area is 76.4 Å². The number of hydrogen-bond acceptors (Lipinski definition) is 2. The lowest BCUT2D eigenvalue weighted by molar-refractivity contribution is 0.320. The zero-order valence-electron chi connectivity index (χ0n) is 7.27. The standard InChI is InChI=1S/C10H11N3/c1-2-4-10-8(3-1)7-13(12-10)9-5-11-6-9/h1-4,7,9,11H,5-6H2. The van der Waals surface area contributed by atoms with Crippen LogP contribution in [0.1, 0.15) is 6.04 Å². The van der Waals surface area contributed by atoms with Gasteiger partial charge in [0.05, 0.1) is 11.6 Å². The second kappa shape index (κ2) is 2.57. The van der Waals surface area contributed by atoms with Crippen molar-refractivity contribution in [3.63, 3.8) is 0 Å². The lowest BCUT2D eigenvalue weighted by atomic mass is 10.2. The van der Waals surface area contributed by atoms with E-state index in [0.717, 1.165) is 18.6 Å². The molecular formula is C10H11N3. The lowest BCUT2D eigenvalue weighted by Crippen LogP contribution is -2.43. The van der Waals surface area contributed by atoms with E-state index < -0.39 is 0 Å². The quantitative estimate of drug-likeness (QED) is 0.701. The molecule has 1 aromatic heterocycles. The van der Waals surface area contributed by atoms with Crippen molar-refractivity contribution < 1.29 is 0 Å². The van der Waals surface area contributed by atoms with Crippen LogP contribution in [0.3, 0.4) is 0 Å². The normalized spacial score (nSPS) is 17.5. The maximum absolute atomic E-state index is 4.51. The molecular weight excluding hydrogens is 162 g/mol. The molecule has 1 N–H and O–H groups in total. The zero-order chi connectivity index (χ0) is 8.67. The highest BCUT2D eigenvalue weighted by atomic mass is 15.3. The molecule has 1 fully saturated rings. The second-order valence-electron chi connectivity index (χ2n) is 3.48. The lowest BCUT2D eigenvalue weighted by Gasteiger charge is -2.27. The van der Waals surface area contributed by atoms with Crippen molar-refractivity contribution in [2.75, 3.05) is 13.1 Å². The Bertz CT molecular complexity index is 395. The molecule has 0 radical (unpaired) electrons. The first kappa shape index (κ1) is 7.09. The minimum Gasteiger partial charge on any atom is -0.312 e. The molecule has 0 saturated carbocycles. The third kappa shape index (κ3) is 1.04. The van der Waals surface area contributed by atoms with Gasteiger partial charge in [0.15, 0.2) is 0 Å². The smallest absolute Gasteiger partial charge is 0.0923 e. The SMILES string of the molecule is c1ccc2nn(C3CNC3)cc2c1. The van der Waals surface area contributed by atoms with E-state index in [0.29, 0.717) is 6.04 Å². The van der Waals surface area contributed by atoms with E-state index in [1.165, 1.54) is 5.39 Å². The van der Waals surface area contributed by atoms with Crippen LogP contribution in [-0.4, -0.2) is 22.9 Å². The summed E-state index contributed by atoms with van der Waals surface area (Å²) in [5.74, 6) is 0. The van der Waals surface area contributed by atoms with Crippen LogP contribution < -0.4 is 5.32 Å². The molecule has 13 heavy (non-hydrogen) atoms. The fourth-order valence-electron chi connectivity index (χ4n) is 1.63. The van der Waals surface area contributed by atoms with Crippen molar-refractivity contribution in [3.05, 3.63) is 30.5 Å². The molecule has 2 aromatic rings. The Hall–Kier alpha value is -1.35. The summed E-state index contributed by atoms with van der Waals surface area (Å²) in [6, 6.07) is 8.79. The first-order valence-corrected chi connectivity index (χ1v) is 4.58. The molecule has 0 unspecified atom stereocenters. The van der Waals surface area contributed by atoms with Gasteiger partial charge in [-0.05, 0) is 6.07 Å². The van der Waals surface area contributed by atoms with Crippen molar-refractivity contribution in [1.82, 2.24) is 15.1 Å². The van der Waals surface area contributed by atoms with E-state index >= 15 is 0 Å². The van der Waals surface area contributed by atoms with Crippen LogP contribution in [0.2, 0.25) is 0 Å². The maximum atomic E-state index is 4.51. The summed E-state index contributed by atoms with van der Waals surface area (Å²) in [5, 5.41) is 8.99. The minimum absolute atomic E-state index is 0.562. The summed E-state index contributed by atoms with van der Waals surface area (Å²) in [7, 11) is 0. The summed E-state index contributed by atoms with van der Waals surface area (Å²) in [5.41, 5.74) is 1.09. The van der Waals surface area contributed by atoms with Gasteiger partial charge in [0.25, 0.3) is 0 Å². The van der Waals surface area contributed by atoms with Crippen LogP contribution in [0.15, 0.2) is 30.5 Å². The number of hydrogen-bond donors (Lipinski definition) is 1. The van der Waals surface area contributed by atoms with Crippen LogP contribution in [0.5, 0.6) is 0 Å². The van der Waals surface area contributed by atoms with Gasteiger partial charge in [-0.3, -0.25) is 4.68 Å². The van der Waals surface area contributed by atoms with Gasteiger partial charge in [0, 0.05) is 24.7 Å². The largest absolute Gasteiger partial charge is 0.312 e. The van der Waals surface area contributed by atoms with Gasteiger partial charge < -0.3 is 5.32 Å². The Morgan fingerprint density at radius 1 is 1.31 bits per heavy atom. The summed E-state index contributed by atoms with van der Waals surface area (Å²) < 4.78 is 2.07. The predicted molar refractivity (Wildman–Crippen MR) is 51.6 cm³/mol. The molecule has 66 valence electrons. The van der Waals surface area contributed by atoms with E-state index in [2.05, 4.69) is 33.4 Å². The molecule has 0 amide bonds. The summed E-state index contributed by atoms with van der Waals surface area (Å²) in [6.07, 6.45) is 2.13. The molecule has 0 spiro atoms. The van der Waals surface area contributed by atoms with Crippen LogP contribution in [0.4, 0.5) is 0 Å².